The van der Waals surface area contributed by atoms with Crippen molar-refractivity contribution >= 4 is 27.5 Å². The van der Waals surface area contributed by atoms with Gasteiger partial charge in [-0.1, -0.05) is 44.2 Å². The van der Waals surface area contributed by atoms with E-state index in [0.717, 1.165) is 17.5 Å². The van der Waals surface area contributed by atoms with Crippen molar-refractivity contribution in [3.63, 3.8) is 0 Å². The number of anilines is 1. The summed E-state index contributed by atoms with van der Waals surface area (Å²) in [4.78, 5) is 17.4. The van der Waals surface area contributed by atoms with Crippen LogP contribution < -0.4 is 5.32 Å². The number of carbonyl (C=O) groups is 1. The second-order valence-corrected chi connectivity index (χ2v) is 9.41. The zero-order valence-electron chi connectivity index (χ0n) is 16.2. The average Bonchev–Trinajstić information content (AvgIpc) is 2.59. The molecule has 2 heterocycles. The van der Waals surface area contributed by atoms with E-state index in [1.165, 1.54) is 0 Å². The van der Waals surface area contributed by atoms with E-state index in [1.807, 2.05) is 51.1 Å². The zero-order chi connectivity index (χ0) is 21.2. The molecule has 2 aromatic rings. The summed E-state index contributed by atoms with van der Waals surface area (Å²) in [6.07, 6.45) is -2.76. The first-order chi connectivity index (χ1) is 13.4. The Morgan fingerprint density at radius 3 is 2.38 bits per heavy atom. The molecule has 7 heteroatoms. The van der Waals surface area contributed by atoms with Gasteiger partial charge >= 0.3 is 6.18 Å². The molecule has 0 bridgehead atoms. The summed E-state index contributed by atoms with van der Waals surface area (Å²) in [5.41, 5.74) is 0.212. The lowest BCUT2D eigenvalue weighted by atomic mass is 9.62. The number of halogens is 4. The van der Waals surface area contributed by atoms with Crippen LogP contribution in [0.1, 0.15) is 50.3 Å². The molecule has 1 aliphatic carbocycles. The molecular weight excluding hydrogens is 445 g/mol. The Morgan fingerprint density at radius 2 is 1.76 bits per heavy atom. The number of fused-ring (bicyclic) bond motifs is 1. The summed E-state index contributed by atoms with van der Waals surface area (Å²) in [5.74, 6) is 0.297. The SMILES string of the molecule is CC1(C)CC(=O)C2=C(C1)Nc1ncc(C(F)(F)F)c(Br)c1C2(C)c1ccccc1. The number of nitrogens with zero attached hydrogens (tertiary/aromatic N) is 1. The maximum atomic E-state index is 13.6. The summed E-state index contributed by atoms with van der Waals surface area (Å²) >= 11 is 3.20. The number of nitrogens with one attached hydrogen (secondary N) is 1. The van der Waals surface area contributed by atoms with Crippen LogP contribution in [0.2, 0.25) is 0 Å². The molecule has 0 saturated heterocycles. The van der Waals surface area contributed by atoms with E-state index in [-0.39, 0.29) is 15.7 Å². The van der Waals surface area contributed by atoms with Crippen LogP contribution in [-0.2, 0) is 16.4 Å². The van der Waals surface area contributed by atoms with Crippen molar-refractivity contribution in [3.8, 4) is 0 Å². The Bertz CT molecular complexity index is 1040. The fourth-order valence-corrected chi connectivity index (χ4v) is 5.49. The van der Waals surface area contributed by atoms with Gasteiger partial charge in [0.1, 0.15) is 5.82 Å². The molecule has 1 aromatic carbocycles. The van der Waals surface area contributed by atoms with Crippen molar-refractivity contribution in [2.75, 3.05) is 5.32 Å². The van der Waals surface area contributed by atoms with E-state index in [4.69, 9.17) is 0 Å². The number of alkyl halides is 3. The van der Waals surface area contributed by atoms with Crippen LogP contribution in [0.3, 0.4) is 0 Å². The standard InChI is InChI=1S/C22H20BrF3N2O/c1-20(2)9-14-16(15(29)10-20)21(3,12-7-5-4-6-8-12)17-18(23)13(22(24,25)26)11-27-19(17)28-14/h4-8,11H,9-10H2,1-3H3,(H,27,28). The van der Waals surface area contributed by atoms with Gasteiger partial charge in [0.15, 0.2) is 5.78 Å². The van der Waals surface area contributed by atoms with Crippen molar-refractivity contribution in [3.05, 3.63) is 69.0 Å². The predicted molar refractivity (Wildman–Crippen MR) is 109 cm³/mol. The fraction of sp³-hybridized carbons (Fsp3) is 0.364. The van der Waals surface area contributed by atoms with Crippen LogP contribution in [0.5, 0.6) is 0 Å². The third-order valence-corrected chi connectivity index (χ3v) is 6.64. The van der Waals surface area contributed by atoms with E-state index in [2.05, 4.69) is 26.2 Å². The normalized spacial score (nSPS) is 23.3. The minimum absolute atomic E-state index is 0.0509. The highest BCUT2D eigenvalue weighted by atomic mass is 79.9. The lowest BCUT2D eigenvalue weighted by molar-refractivity contribution is -0.138. The Hall–Kier alpha value is -2.15. The van der Waals surface area contributed by atoms with E-state index in [0.29, 0.717) is 29.8 Å². The Labute approximate surface area is 175 Å². The quantitative estimate of drug-likeness (QED) is 0.543. The summed E-state index contributed by atoms with van der Waals surface area (Å²) < 4.78 is 40.8. The minimum Gasteiger partial charge on any atom is -0.343 e. The van der Waals surface area contributed by atoms with Crippen LogP contribution >= 0.6 is 15.9 Å². The van der Waals surface area contributed by atoms with Crippen LogP contribution in [0.15, 0.2) is 52.3 Å². The highest BCUT2D eigenvalue weighted by Gasteiger charge is 2.50. The third-order valence-electron chi connectivity index (χ3n) is 5.82. The van der Waals surface area contributed by atoms with E-state index >= 15 is 0 Å². The van der Waals surface area contributed by atoms with Gasteiger partial charge in [-0.05, 0) is 40.3 Å². The van der Waals surface area contributed by atoms with Gasteiger partial charge in [0.05, 0.1) is 11.0 Å². The van der Waals surface area contributed by atoms with Crippen LogP contribution in [0, 0.1) is 5.41 Å². The Kier molecular flexibility index (Phi) is 4.46. The zero-order valence-corrected chi connectivity index (χ0v) is 17.8. The molecule has 2 aliphatic rings. The first-order valence-electron chi connectivity index (χ1n) is 9.31. The van der Waals surface area contributed by atoms with Crippen LogP contribution in [-0.4, -0.2) is 10.8 Å². The number of carbonyl (C=O) groups excluding carboxylic acids is 1. The second-order valence-electron chi connectivity index (χ2n) is 8.62. The molecule has 0 spiro atoms. The molecule has 1 unspecified atom stereocenters. The molecule has 0 fully saturated rings. The molecule has 1 aromatic heterocycles. The molecule has 3 nitrogen and oxygen atoms in total. The summed E-state index contributed by atoms with van der Waals surface area (Å²) in [6.45, 7) is 5.85. The lowest BCUT2D eigenvalue weighted by Crippen LogP contribution is -2.42. The smallest absolute Gasteiger partial charge is 0.343 e. The molecular formula is C22H20BrF3N2O. The lowest BCUT2D eigenvalue weighted by Gasteiger charge is -2.45. The number of pyridine rings is 1. The number of allylic oxidation sites excluding steroid dienone is 2. The van der Waals surface area contributed by atoms with Gasteiger partial charge in [-0.3, -0.25) is 4.79 Å². The van der Waals surface area contributed by atoms with Gasteiger partial charge < -0.3 is 5.32 Å². The number of benzene rings is 1. The summed E-state index contributed by atoms with van der Waals surface area (Å²) in [7, 11) is 0. The second kappa shape index (κ2) is 6.42. The number of rotatable bonds is 1. The highest BCUT2D eigenvalue weighted by Crippen LogP contribution is 2.55. The van der Waals surface area contributed by atoms with Crippen molar-refractivity contribution in [1.29, 1.82) is 0 Å². The Morgan fingerprint density at radius 1 is 1.10 bits per heavy atom. The minimum atomic E-state index is -4.56. The van der Waals surface area contributed by atoms with Crippen molar-refractivity contribution in [2.24, 2.45) is 5.41 Å². The molecule has 1 N–H and O–H groups in total. The first-order valence-corrected chi connectivity index (χ1v) is 10.1. The number of ketones is 1. The molecule has 29 heavy (non-hydrogen) atoms. The van der Waals surface area contributed by atoms with Gasteiger partial charge in [-0.25, -0.2) is 4.98 Å². The topological polar surface area (TPSA) is 42.0 Å². The highest BCUT2D eigenvalue weighted by molar-refractivity contribution is 9.10. The molecule has 4 rings (SSSR count). The van der Waals surface area contributed by atoms with Crippen LogP contribution in [0.25, 0.3) is 0 Å². The van der Waals surface area contributed by atoms with Gasteiger partial charge in [0.2, 0.25) is 0 Å². The van der Waals surface area contributed by atoms with Gasteiger partial charge in [0, 0.05) is 33.9 Å². The Balaban J connectivity index is 2.07. The largest absolute Gasteiger partial charge is 0.418 e. The number of hydrogen-bond acceptors (Lipinski definition) is 3. The van der Waals surface area contributed by atoms with Gasteiger partial charge in [0.25, 0.3) is 0 Å². The van der Waals surface area contributed by atoms with Crippen molar-refractivity contribution in [2.45, 2.75) is 45.2 Å². The maximum Gasteiger partial charge on any atom is 0.418 e. The molecule has 1 atom stereocenters. The van der Waals surface area contributed by atoms with Gasteiger partial charge in [-0.15, -0.1) is 0 Å². The molecule has 0 saturated carbocycles. The van der Waals surface area contributed by atoms with E-state index < -0.39 is 17.2 Å². The van der Waals surface area contributed by atoms with Crippen molar-refractivity contribution in [1.82, 2.24) is 4.98 Å². The van der Waals surface area contributed by atoms with Crippen molar-refractivity contribution < 1.29 is 18.0 Å². The summed E-state index contributed by atoms with van der Waals surface area (Å²) in [5, 5.41) is 3.18. The fourth-order valence-electron chi connectivity index (χ4n) is 4.57. The number of hydrogen-bond donors (Lipinski definition) is 1. The molecule has 1 aliphatic heterocycles. The molecule has 152 valence electrons. The summed E-state index contributed by atoms with van der Waals surface area (Å²) in [6, 6.07) is 9.19. The van der Waals surface area contributed by atoms with E-state index in [9.17, 15) is 18.0 Å². The maximum absolute atomic E-state index is 13.6. The van der Waals surface area contributed by atoms with Crippen LogP contribution in [0.4, 0.5) is 19.0 Å². The number of aromatic nitrogens is 1. The predicted octanol–water partition coefficient (Wildman–Crippen LogP) is 6.24. The average molecular weight is 465 g/mol. The van der Waals surface area contributed by atoms with E-state index in [1.54, 1.807) is 0 Å². The third kappa shape index (κ3) is 3.10. The molecule has 0 radical (unpaired) electrons. The first kappa shape index (κ1) is 20.1. The monoisotopic (exact) mass is 464 g/mol. The number of Topliss-reactive ketones (excluding diaryl/α,β-unsaturated/α-hetero) is 1. The van der Waals surface area contributed by atoms with Gasteiger partial charge in [-0.2, -0.15) is 13.2 Å². The molecule has 0 amide bonds.